The van der Waals surface area contributed by atoms with Crippen LogP contribution in [0.3, 0.4) is 0 Å². The van der Waals surface area contributed by atoms with Crippen LogP contribution in [0.25, 0.3) is 0 Å². The van der Waals surface area contributed by atoms with Crippen LogP contribution in [-0.2, 0) is 14.2 Å². The summed E-state index contributed by atoms with van der Waals surface area (Å²) < 4.78 is 17.0. The molecule has 0 aliphatic heterocycles. The lowest BCUT2D eigenvalue weighted by molar-refractivity contribution is 0.238. The fourth-order valence-electron chi connectivity index (χ4n) is 1.75. The maximum Gasteiger partial charge on any atom is 0.228 e. The Labute approximate surface area is 167 Å². The van der Waals surface area contributed by atoms with Crippen molar-refractivity contribution >= 4 is 42.0 Å². The van der Waals surface area contributed by atoms with Crippen LogP contribution in [0.4, 0.5) is 0 Å². The largest absolute Gasteiger partial charge is 0.489 e. The van der Waals surface area contributed by atoms with Crippen molar-refractivity contribution < 1.29 is 14.2 Å². The zero-order chi connectivity index (χ0) is 18.9. The van der Waals surface area contributed by atoms with E-state index in [1.165, 1.54) is 0 Å². The third-order valence-electron chi connectivity index (χ3n) is 2.92. The second-order valence-corrected chi connectivity index (χ2v) is 9.76. The molecule has 0 rings (SSSR count). The molecular weight excluding hydrogens is 371 g/mol. The summed E-state index contributed by atoms with van der Waals surface area (Å²) in [7, 11) is 0. The molecule has 25 heavy (non-hydrogen) atoms. The van der Waals surface area contributed by atoms with Gasteiger partial charge in [-0.3, -0.25) is 0 Å². The molecule has 0 aromatic heterocycles. The molecule has 0 aromatic rings. The molecule has 0 aliphatic rings. The highest BCUT2D eigenvalue weighted by atomic mass is 32.2. The lowest BCUT2D eigenvalue weighted by Crippen LogP contribution is -2.07. The van der Waals surface area contributed by atoms with Crippen LogP contribution in [0.15, 0.2) is 36.7 Å². The van der Waals surface area contributed by atoms with E-state index in [4.69, 9.17) is 14.2 Å². The first-order valence-electron chi connectivity index (χ1n) is 8.84. The van der Waals surface area contributed by atoms with Crippen LogP contribution in [0.2, 0.25) is 0 Å². The Morgan fingerprint density at radius 1 is 0.640 bits per heavy atom. The molecule has 7 heteroatoms. The molecule has 0 N–H and O–H groups in total. The van der Waals surface area contributed by atoms with Crippen LogP contribution in [0.5, 0.6) is 0 Å². The topological polar surface area (TPSA) is 27.7 Å². The van der Waals surface area contributed by atoms with E-state index in [1.807, 2.05) is 17.9 Å². The van der Waals surface area contributed by atoms with Gasteiger partial charge in [0.25, 0.3) is 0 Å². The Bertz CT molecular complexity index is 335. The average molecular weight is 404 g/mol. The van der Waals surface area contributed by atoms with Gasteiger partial charge in [0.15, 0.2) is 0 Å². The van der Waals surface area contributed by atoms with Gasteiger partial charge >= 0.3 is 0 Å². The average Bonchev–Trinajstić information content (AvgIpc) is 2.55. The van der Waals surface area contributed by atoms with E-state index in [-0.39, 0.29) is 23.0 Å². The summed E-state index contributed by atoms with van der Waals surface area (Å²) in [6.45, 7) is 12.6. The fraction of sp³-hybridized carbons (Fsp3) is 0.667. The van der Waals surface area contributed by atoms with Crippen LogP contribution in [0, 0.1) is 0 Å². The van der Waals surface area contributed by atoms with Gasteiger partial charge in [-0.1, -0.05) is 38.7 Å². The molecule has 0 saturated heterocycles. The standard InChI is InChI=1S/C18H33BO3S3/c1-7-23-16(4)20-13-10-19(11-14-21-17(5)24-8-2)12-15-22-18(6)25-9-3/h10-18H,7-9H2,1-6H3. The molecule has 0 amide bonds. The number of hydrogen-bond acceptors (Lipinski definition) is 6. The zero-order valence-corrected chi connectivity index (χ0v) is 18.8. The molecule has 0 fully saturated rings. The molecule has 144 valence electrons. The van der Waals surface area contributed by atoms with Gasteiger partial charge in [-0.25, -0.2) is 0 Å². The molecule has 3 atom stereocenters. The molecule has 0 saturated carbocycles. The van der Waals surface area contributed by atoms with E-state index in [2.05, 4.69) is 41.5 Å². The predicted octanol–water partition coefficient (Wildman–Crippen LogP) is 5.99. The summed E-state index contributed by atoms with van der Waals surface area (Å²) in [6, 6.07) is 0. The molecule has 0 bridgehead atoms. The summed E-state index contributed by atoms with van der Waals surface area (Å²) in [5.41, 5.74) is 0.470. The Morgan fingerprint density at radius 2 is 0.920 bits per heavy atom. The van der Waals surface area contributed by atoms with Gasteiger partial charge < -0.3 is 14.2 Å². The lowest BCUT2D eigenvalue weighted by Gasteiger charge is -2.11. The first-order valence-corrected chi connectivity index (χ1v) is 12.0. The Kier molecular flexibility index (Phi) is 17.0. The van der Waals surface area contributed by atoms with Gasteiger partial charge in [0.05, 0.1) is 18.8 Å². The molecule has 0 aliphatic carbocycles. The minimum absolute atomic E-state index is 0.0662. The quantitative estimate of drug-likeness (QED) is 0.189. The van der Waals surface area contributed by atoms with Gasteiger partial charge in [-0.15, -0.1) is 35.3 Å². The van der Waals surface area contributed by atoms with Gasteiger partial charge in [0, 0.05) is 0 Å². The minimum Gasteiger partial charge on any atom is -0.489 e. The fourth-order valence-corrected chi connectivity index (χ4v) is 3.59. The molecular formula is C18H33BO3S3. The van der Waals surface area contributed by atoms with Crippen molar-refractivity contribution in [2.75, 3.05) is 17.3 Å². The van der Waals surface area contributed by atoms with Crippen LogP contribution in [-0.4, -0.2) is 40.3 Å². The predicted molar refractivity (Wildman–Crippen MR) is 119 cm³/mol. The normalized spacial score (nSPS) is 15.6. The third-order valence-corrected chi connectivity index (χ3v) is 5.66. The van der Waals surface area contributed by atoms with E-state index in [9.17, 15) is 0 Å². The molecule has 0 heterocycles. The highest BCUT2D eigenvalue weighted by Gasteiger charge is 2.05. The Hall–Kier alpha value is -0.265. The minimum atomic E-state index is 0.0662. The first-order chi connectivity index (χ1) is 12.0. The van der Waals surface area contributed by atoms with Gasteiger partial charge in [-0.05, 0) is 38.0 Å². The van der Waals surface area contributed by atoms with E-state index in [0.717, 1.165) is 17.3 Å². The van der Waals surface area contributed by atoms with Crippen molar-refractivity contribution in [1.82, 2.24) is 0 Å². The van der Waals surface area contributed by atoms with Crippen LogP contribution >= 0.6 is 35.3 Å². The van der Waals surface area contributed by atoms with Crippen molar-refractivity contribution in [3.8, 4) is 0 Å². The van der Waals surface area contributed by atoms with Crippen molar-refractivity contribution in [3.63, 3.8) is 0 Å². The summed E-state index contributed by atoms with van der Waals surface area (Å²) in [4.78, 5) is 0. The van der Waals surface area contributed by atoms with E-state index in [1.54, 1.807) is 54.1 Å². The maximum atomic E-state index is 5.67. The molecule has 0 radical (unpaired) electrons. The molecule has 0 aromatic carbocycles. The zero-order valence-electron chi connectivity index (χ0n) is 16.3. The maximum absolute atomic E-state index is 5.67. The van der Waals surface area contributed by atoms with Crippen molar-refractivity contribution in [2.45, 2.75) is 57.9 Å². The Balaban J connectivity index is 4.60. The lowest BCUT2D eigenvalue weighted by atomic mass is 9.50. The van der Waals surface area contributed by atoms with Crippen molar-refractivity contribution in [2.24, 2.45) is 0 Å². The third kappa shape index (κ3) is 15.7. The summed E-state index contributed by atoms with van der Waals surface area (Å²) in [5, 5.41) is 0. The van der Waals surface area contributed by atoms with Crippen LogP contribution < -0.4 is 0 Å². The number of hydrogen-bond donors (Lipinski definition) is 0. The van der Waals surface area contributed by atoms with Gasteiger partial charge in [0.1, 0.15) is 16.3 Å². The van der Waals surface area contributed by atoms with Gasteiger partial charge in [-0.2, -0.15) is 0 Å². The SMILES string of the molecule is CCSC(C)OC=CB(C=COC(C)SCC)C=COC(C)SCC. The van der Waals surface area contributed by atoms with E-state index < -0.39 is 0 Å². The molecule has 3 nitrogen and oxygen atoms in total. The highest BCUT2D eigenvalue weighted by molar-refractivity contribution is 8.00. The number of ether oxygens (including phenoxy) is 3. The monoisotopic (exact) mass is 404 g/mol. The van der Waals surface area contributed by atoms with Gasteiger partial charge in [0.2, 0.25) is 6.71 Å². The smallest absolute Gasteiger partial charge is 0.228 e. The van der Waals surface area contributed by atoms with Crippen LogP contribution in [0.1, 0.15) is 41.5 Å². The van der Waals surface area contributed by atoms with Crippen molar-refractivity contribution in [1.29, 1.82) is 0 Å². The van der Waals surface area contributed by atoms with E-state index >= 15 is 0 Å². The van der Waals surface area contributed by atoms with Crippen molar-refractivity contribution in [3.05, 3.63) is 36.7 Å². The second-order valence-electron chi connectivity index (χ2n) is 5.04. The summed E-state index contributed by atoms with van der Waals surface area (Å²) >= 11 is 5.32. The highest BCUT2D eigenvalue weighted by Crippen LogP contribution is 2.13. The second kappa shape index (κ2) is 17.2. The summed E-state index contributed by atoms with van der Waals surface area (Å²) in [5.74, 6) is 9.13. The first kappa shape index (κ1) is 24.7. The molecule has 0 spiro atoms. The number of rotatable bonds is 15. The van der Waals surface area contributed by atoms with E-state index in [0.29, 0.717) is 0 Å². The Morgan fingerprint density at radius 3 is 1.16 bits per heavy atom. The number of thioether (sulfide) groups is 3. The summed E-state index contributed by atoms with van der Waals surface area (Å²) in [6.07, 6.45) is 5.29. The molecule has 3 unspecified atom stereocenters.